The molecule has 3 radical (unpaired) electrons. The molecule has 45 heavy (non-hydrogen) atoms. The number of benzene rings is 4. The monoisotopic (exact) mass is 601 g/mol. The predicted molar refractivity (Wildman–Crippen MR) is 181 cm³/mol. The maximum Gasteiger partial charge on any atom is 0.414 e. The van der Waals surface area contributed by atoms with Crippen LogP contribution in [0, 0.1) is 0 Å². The van der Waals surface area contributed by atoms with Crippen molar-refractivity contribution >= 4 is 43.3 Å². The Morgan fingerprint density at radius 3 is 2.27 bits per heavy atom. The Morgan fingerprint density at radius 1 is 0.911 bits per heavy atom. The molecule has 4 aromatic rings. The number of ether oxygens (including phenoxy) is 2. The number of nitrogens with one attached hydrogen (secondary N) is 2. The van der Waals surface area contributed by atoms with E-state index in [1.54, 1.807) is 4.90 Å². The minimum atomic E-state index is -0.472. The average molecular weight is 602 g/mol. The Morgan fingerprint density at radius 2 is 1.58 bits per heavy atom. The standard InChI is InChI=1S/C23H20N2O2.C13H18N2O2.B/c26-23(25-16-10-9-15-11-12-24-22(15)13-16)27-14-21-19-7-3-1-5-17(19)18-6-2-4-8-20(18)21;1-13(2,3)17-12(16)15-7-6-9-4-5-10(14)8-11(9)15;/h1-10,13,21,24H,11-12,14H2,(H,25,26);4-5,8H,6-7,14H2,1-3H3;. The van der Waals surface area contributed by atoms with Crippen LogP contribution in [0.4, 0.5) is 32.3 Å². The van der Waals surface area contributed by atoms with Crippen molar-refractivity contribution in [3.05, 3.63) is 107 Å². The molecule has 2 amide bonds. The molecular formula is C36H38BN4O4. The number of hydrogen-bond donors (Lipinski definition) is 3. The maximum atomic E-state index is 12.3. The summed E-state index contributed by atoms with van der Waals surface area (Å²) in [6.07, 6.45) is 1.16. The Kier molecular flexibility index (Phi) is 9.09. The Labute approximate surface area is 266 Å². The van der Waals surface area contributed by atoms with E-state index in [0.717, 1.165) is 42.0 Å². The highest BCUT2D eigenvalue weighted by atomic mass is 16.6. The lowest BCUT2D eigenvalue weighted by atomic mass is 9.98. The molecule has 2 heterocycles. The van der Waals surface area contributed by atoms with Gasteiger partial charge in [-0.3, -0.25) is 10.2 Å². The van der Waals surface area contributed by atoms with Crippen molar-refractivity contribution in [2.45, 2.75) is 45.1 Å². The molecule has 8 nitrogen and oxygen atoms in total. The summed E-state index contributed by atoms with van der Waals surface area (Å²) in [7, 11) is 0. The van der Waals surface area contributed by atoms with E-state index in [2.05, 4.69) is 41.0 Å². The first-order chi connectivity index (χ1) is 21.2. The summed E-state index contributed by atoms with van der Waals surface area (Å²) in [5, 5.41) is 6.16. The van der Waals surface area contributed by atoms with Gasteiger partial charge in [-0.25, -0.2) is 9.59 Å². The summed E-state index contributed by atoms with van der Waals surface area (Å²) in [4.78, 5) is 26.0. The van der Waals surface area contributed by atoms with Gasteiger partial charge in [-0.15, -0.1) is 0 Å². The van der Waals surface area contributed by atoms with Gasteiger partial charge in [0.1, 0.15) is 12.2 Å². The lowest BCUT2D eigenvalue weighted by molar-refractivity contribution is 0.0584. The second-order valence-corrected chi connectivity index (χ2v) is 12.3. The molecule has 1 aliphatic carbocycles. The van der Waals surface area contributed by atoms with Crippen LogP contribution >= 0.6 is 0 Å². The highest BCUT2D eigenvalue weighted by Crippen LogP contribution is 2.44. The molecule has 0 bridgehead atoms. The molecule has 0 fully saturated rings. The molecule has 0 spiro atoms. The van der Waals surface area contributed by atoms with Crippen LogP contribution < -0.4 is 21.3 Å². The van der Waals surface area contributed by atoms with Crippen LogP contribution in [0.5, 0.6) is 0 Å². The summed E-state index contributed by atoms with van der Waals surface area (Å²) in [5.41, 5.74) is 16.0. The van der Waals surface area contributed by atoms with Crippen LogP contribution in [0.1, 0.15) is 48.9 Å². The smallest absolute Gasteiger partial charge is 0.414 e. The molecule has 4 aromatic carbocycles. The Hall–Kier alpha value is -4.92. The van der Waals surface area contributed by atoms with Crippen LogP contribution in [-0.2, 0) is 22.3 Å². The van der Waals surface area contributed by atoms with E-state index in [0.29, 0.717) is 18.8 Å². The average Bonchev–Trinajstić information content (AvgIpc) is 3.71. The van der Waals surface area contributed by atoms with Gasteiger partial charge in [0, 0.05) is 44.5 Å². The summed E-state index contributed by atoms with van der Waals surface area (Å²) >= 11 is 0. The third-order valence-corrected chi connectivity index (χ3v) is 8.03. The topological polar surface area (TPSA) is 106 Å². The minimum absolute atomic E-state index is 0. The van der Waals surface area contributed by atoms with Crippen LogP contribution in [0.15, 0.2) is 84.9 Å². The quantitative estimate of drug-likeness (QED) is 0.169. The number of nitrogen functional groups attached to an aromatic ring is 1. The third kappa shape index (κ3) is 6.93. The number of nitrogens with two attached hydrogens (primary N) is 1. The fourth-order valence-electron chi connectivity index (χ4n) is 6.02. The zero-order chi connectivity index (χ0) is 30.8. The fourth-order valence-corrected chi connectivity index (χ4v) is 6.02. The van der Waals surface area contributed by atoms with Gasteiger partial charge in [0.05, 0.1) is 5.69 Å². The zero-order valence-electron chi connectivity index (χ0n) is 25.9. The first-order valence-electron chi connectivity index (χ1n) is 15.0. The normalized spacial score (nSPS) is 14.0. The molecule has 7 rings (SSSR count). The van der Waals surface area contributed by atoms with Crippen molar-refractivity contribution in [3.8, 4) is 11.1 Å². The number of fused-ring (bicyclic) bond motifs is 5. The zero-order valence-corrected chi connectivity index (χ0v) is 25.9. The minimum Gasteiger partial charge on any atom is -0.448 e. The van der Waals surface area contributed by atoms with Gasteiger partial charge in [0.25, 0.3) is 0 Å². The van der Waals surface area contributed by atoms with Crippen molar-refractivity contribution < 1.29 is 19.1 Å². The molecule has 229 valence electrons. The second kappa shape index (κ2) is 13.0. The lowest BCUT2D eigenvalue weighted by Gasteiger charge is -2.24. The summed E-state index contributed by atoms with van der Waals surface area (Å²) < 4.78 is 11.0. The van der Waals surface area contributed by atoms with Crippen molar-refractivity contribution in [2.75, 3.05) is 41.0 Å². The van der Waals surface area contributed by atoms with Gasteiger partial charge >= 0.3 is 12.2 Å². The Balaban J connectivity index is 0.000000193. The molecular weight excluding hydrogens is 563 g/mol. The van der Waals surface area contributed by atoms with Gasteiger partial charge in [0.15, 0.2) is 0 Å². The lowest BCUT2D eigenvalue weighted by Crippen LogP contribution is -2.35. The number of carbonyl (C=O) groups is 2. The predicted octanol–water partition coefficient (Wildman–Crippen LogP) is 7.20. The van der Waals surface area contributed by atoms with Crippen molar-refractivity contribution in [2.24, 2.45) is 0 Å². The van der Waals surface area contributed by atoms with Gasteiger partial charge in [-0.2, -0.15) is 0 Å². The first-order valence-corrected chi connectivity index (χ1v) is 15.0. The number of rotatable bonds is 3. The second-order valence-electron chi connectivity index (χ2n) is 12.3. The number of hydrogen-bond acceptors (Lipinski definition) is 6. The highest BCUT2D eigenvalue weighted by molar-refractivity contribution is 5.91. The van der Waals surface area contributed by atoms with E-state index in [1.807, 2.05) is 75.4 Å². The van der Waals surface area contributed by atoms with E-state index in [9.17, 15) is 9.59 Å². The van der Waals surface area contributed by atoms with E-state index >= 15 is 0 Å². The Bertz CT molecular complexity index is 1670. The molecule has 0 unspecified atom stereocenters. The van der Waals surface area contributed by atoms with Crippen LogP contribution in [-0.4, -0.2) is 45.9 Å². The van der Waals surface area contributed by atoms with Crippen molar-refractivity contribution in [1.82, 2.24) is 0 Å². The number of nitrogens with zero attached hydrogens (tertiary/aromatic N) is 1. The van der Waals surface area contributed by atoms with Gasteiger partial charge in [-0.05, 0) is 91.3 Å². The van der Waals surface area contributed by atoms with Crippen LogP contribution in [0.25, 0.3) is 11.1 Å². The summed E-state index contributed by atoms with van der Waals surface area (Å²) in [5.74, 6) is 0.0739. The fraction of sp³-hybridized carbons (Fsp3) is 0.278. The van der Waals surface area contributed by atoms with Crippen LogP contribution in [0.3, 0.4) is 0 Å². The summed E-state index contributed by atoms with van der Waals surface area (Å²) in [6, 6.07) is 28.3. The van der Waals surface area contributed by atoms with Crippen LogP contribution in [0.2, 0.25) is 0 Å². The van der Waals surface area contributed by atoms with E-state index in [1.165, 1.54) is 27.8 Å². The van der Waals surface area contributed by atoms with Gasteiger partial charge in [-0.1, -0.05) is 60.7 Å². The maximum absolute atomic E-state index is 12.3. The summed E-state index contributed by atoms with van der Waals surface area (Å²) in [6.45, 7) is 7.52. The molecule has 4 N–H and O–H groups in total. The molecule has 0 aromatic heterocycles. The van der Waals surface area contributed by atoms with Crippen molar-refractivity contribution in [3.63, 3.8) is 0 Å². The molecule has 3 aliphatic rings. The van der Waals surface area contributed by atoms with Gasteiger partial charge < -0.3 is 20.5 Å². The largest absolute Gasteiger partial charge is 0.448 e. The van der Waals surface area contributed by atoms with Gasteiger partial charge in [0.2, 0.25) is 0 Å². The number of anilines is 4. The molecule has 2 aliphatic heterocycles. The molecule has 0 atom stereocenters. The van der Waals surface area contributed by atoms with Crippen molar-refractivity contribution in [1.29, 1.82) is 0 Å². The number of carbonyl (C=O) groups excluding carboxylic acids is 2. The van der Waals surface area contributed by atoms with E-state index in [-0.39, 0.29) is 20.4 Å². The van der Waals surface area contributed by atoms with E-state index in [4.69, 9.17) is 15.2 Å². The first kappa shape index (κ1) is 31.5. The number of amides is 2. The highest BCUT2D eigenvalue weighted by Gasteiger charge is 2.30. The third-order valence-electron chi connectivity index (χ3n) is 8.03. The SMILES string of the molecule is CC(C)(C)OC(=O)N1CCc2ccc(N)cc21.O=C(Nc1ccc2c(c1)NCC2)OCC1c2ccccc2-c2ccccc21.[B]. The molecule has 9 heteroatoms. The van der Waals surface area contributed by atoms with E-state index < -0.39 is 11.7 Å². The molecule has 0 saturated carbocycles. The molecule has 0 saturated heterocycles.